The number of aryl methyl sites for hydroxylation is 2. The second-order valence-electron chi connectivity index (χ2n) is 10.5. The number of benzene rings is 2. The van der Waals surface area contributed by atoms with Crippen LogP contribution in [0.1, 0.15) is 56.6 Å². The van der Waals surface area contributed by atoms with Crippen molar-refractivity contribution in [1.82, 2.24) is 9.80 Å². The Morgan fingerprint density at radius 2 is 1.89 bits per heavy atom. The quantitative estimate of drug-likeness (QED) is 0.365. The van der Waals surface area contributed by atoms with Crippen molar-refractivity contribution in [3.05, 3.63) is 69.7 Å². The molecule has 2 saturated heterocycles. The molecule has 2 aliphatic heterocycles. The predicted molar refractivity (Wildman–Crippen MR) is 148 cm³/mol. The van der Waals surface area contributed by atoms with Gasteiger partial charge in [0.05, 0.1) is 28.2 Å². The molecule has 0 aliphatic carbocycles. The van der Waals surface area contributed by atoms with Crippen LogP contribution in [0.3, 0.4) is 0 Å². The fraction of sp³-hybridized carbons (Fsp3) is 0.500. The summed E-state index contributed by atoms with van der Waals surface area (Å²) in [4.78, 5) is 31.6. The van der Waals surface area contributed by atoms with E-state index in [2.05, 4.69) is 42.2 Å². The maximum Gasteiger partial charge on any atom is 0.240 e. The number of fused-ring (bicyclic) bond motifs is 1. The zero-order chi connectivity index (χ0) is 26.4. The van der Waals surface area contributed by atoms with Crippen LogP contribution in [0.15, 0.2) is 48.5 Å². The second kappa shape index (κ2) is 12.9. The molecule has 1 unspecified atom stereocenters. The number of halogens is 2. The number of hydrogen-bond donors (Lipinski definition) is 0. The summed E-state index contributed by atoms with van der Waals surface area (Å²) in [6.07, 6.45) is 5.05. The largest absolute Gasteiger partial charge is 0.331 e. The lowest BCUT2D eigenvalue weighted by Gasteiger charge is -2.32. The maximum absolute atomic E-state index is 13.9. The summed E-state index contributed by atoms with van der Waals surface area (Å²) in [6.45, 7) is 3.67. The van der Waals surface area contributed by atoms with Gasteiger partial charge in [0.25, 0.3) is 0 Å². The van der Waals surface area contributed by atoms with Gasteiger partial charge >= 0.3 is 0 Å². The molecule has 1 amide bonds. The molecule has 2 fully saturated rings. The highest BCUT2D eigenvalue weighted by molar-refractivity contribution is 6.42. The average Bonchev–Trinajstić information content (AvgIpc) is 3.24. The smallest absolute Gasteiger partial charge is 0.240 e. The van der Waals surface area contributed by atoms with Gasteiger partial charge in [-0.25, -0.2) is 0 Å². The van der Waals surface area contributed by atoms with Gasteiger partial charge in [0.15, 0.2) is 5.78 Å². The molecule has 196 valence electrons. The zero-order valence-corrected chi connectivity index (χ0v) is 22.9. The normalized spacial score (nSPS) is 22.8. The third-order valence-electron chi connectivity index (χ3n) is 7.82. The van der Waals surface area contributed by atoms with Gasteiger partial charge in [0.2, 0.25) is 5.91 Å². The van der Waals surface area contributed by atoms with Crippen LogP contribution in [0.25, 0.3) is 0 Å². The molecular weight excluding hydrogens is 505 g/mol. The zero-order valence-electron chi connectivity index (χ0n) is 21.4. The van der Waals surface area contributed by atoms with E-state index in [0.29, 0.717) is 47.8 Å². The third kappa shape index (κ3) is 6.93. The van der Waals surface area contributed by atoms with Crippen LogP contribution in [0.2, 0.25) is 10.0 Å². The summed E-state index contributed by atoms with van der Waals surface area (Å²) in [6, 6.07) is 17.6. The van der Waals surface area contributed by atoms with Crippen molar-refractivity contribution in [3.8, 4) is 6.07 Å². The van der Waals surface area contributed by atoms with Crippen molar-refractivity contribution in [1.29, 1.82) is 5.26 Å². The van der Waals surface area contributed by atoms with Gasteiger partial charge in [0.1, 0.15) is 0 Å². The number of ketones is 1. The molecular formula is C30H35Cl2N3O2. The second-order valence-corrected chi connectivity index (χ2v) is 11.3. The van der Waals surface area contributed by atoms with Crippen LogP contribution >= 0.6 is 23.2 Å². The first-order chi connectivity index (χ1) is 17.9. The number of rotatable bonds is 10. The van der Waals surface area contributed by atoms with E-state index in [1.165, 1.54) is 5.56 Å². The Morgan fingerprint density at radius 1 is 1.11 bits per heavy atom. The van der Waals surface area contributed by atoms with E-state index < -0.39 is 6.04 Å². The molecule has 0 bridgehead atoms. The lowest BCUT2D eigenvalue weighted by molar-refractivity contribution is -0.142. The summed E-state index contributed by atoms with van der Waals surface area (Å²) >= 11 is 12.2. The molecule has 7 heteroatoms. The Kier molecular flexibility index (Phi) is 9.65. The van der Waals surface area contributed by atoms with E-state index in [-0.39, 0.29) is 24.2 Å². The number of carbonyl (C=O) groups excluding carboxylic acids is 2. The lowest BCUT2D eigenvalue weighted by atomic mass is 9.97. The molecule has 0 aromatic heterocycles. The first kappa shape index (κ1) is 27.6. The number of nitriles is 1. The van der Waals surface area contributed by atoms with Crippen molar-refractivity contribution >= 4 is 34.9 Å². The van der Waals surface area contributed by atoms with E-state index in [9.17, 15) is 14.9 Å². The van der Waals surface area contributed by atoms with Crippen molar-refractivity contribution in [2.75, 3.05) is 13.1 Å². The monoisotopic (exact) mass is 539 g/mol. The maximum atomic E-state index is 13.9. The van der Waals surface area contributed by atoms with E-state index >= 15 is 0 Å². The molecule has 0 saturated carbocycles. The summed E-state index contributed by atoms with van der Waals surface area (Å²) in [5.41, 5.74) is 2.24. The minimum absolute atomic E-state index is 0.00926. The highest BCUT2D eigenvalue weighted by Gasteiger charge is 2.45. The van der Waals surface area contributed by atoms with E-state index in [4.69, 9.17) is 23.2 Å². The lowest BCUT2D eigenvalue weighted by Crippen LogP contribution is -2.50. The van der Waals surface area contributed by atoms with Crippen molar-refractivity contribution in [2.45, 2.75) is 76.4 Å². The minimum Gasteiger partial charge on any atom is -0.331 e. The Hall–Kier alpha value is -2.39. The SMILES string of the molecule is C[C@@H]1C[C@H]2C(=O)N([C@H](CCC#N)C(=O)CCc3ccc(Cl)c(Cl)c3)CCC(CCc3ccccc3)N2C1. The minimum atomic E-state index is -0.569. The third-order valence-corrected chi connectivity index (χ3v) is 8.56. The molecule has 5 nitrogen and oxygen atoms in total. The summed E-state index contributed by atoms with van der Waals surface area (Å²) in [7, 11) is 0. The highest BCUT2D eigenvalue weighted by Crippen LogP contribution is 2.33. The number of Topliss-reactive ketones (excluding diaryl/α,β-unsaturated/α-hetero) is 1. The van der Waals surface area contributed by atoms with Crippen LogP contribution < -0.4 is 0 Å². The molecule has 0 spiro atoms. The number of nitrogens with zero attached hydrogens (tertiary/aromatic N) is 3. The van der Waals surface area contributed by atoms with Crippen molar-refractivity contribution < 1.29 is 9.59 Å². The molecule has 2 heterocycles. The van der Waals surface area contributed by atoms with E-state index in [1.807, 2.05) is 17.0 Å². The first-order valence-corrected chi connectivity index (χ1v) is 14.1. The summed E-state index contributed by atoms with van der Waals surface area (Å²) in [5.74, 6) is 0.503. The van der Waals surface area contributed by atoms with Crippen LogP contribution in [0, 0.1) is 17.2 Å². The highest BCUT2D eigenvalue weighted by atomic mass is 35.5. The first-order valence-electron chi connectivity index (χ1n) is 13.3. The fourth-order valence-electron chi connectivity index (χ4n) is 5.90. The van der Waals surface area contributed by atoms with E-state index in [0.717, 1.165) is 37.8 Å². The number of carbonyl (C=O) groups is 2. The van der Waals surface area contributed by atoms with Gasteiger partial charge in [-0.1, -0.05) is 66.5 Å². The molecule has 4 rings (SSSR count). The van der Waals surface area contributed by atoms with Crippen molar-refractivity contribution in [2.24, 2.45) is 5.92 Å². The Bertz CT molecular complexity index is 1130. The van der Waals surface area contributed by atoms with Crippen LogP contribution in [0.5, 0.6) is 0 Å². The van der Waals surface area contributed by atoms with Crippen LogP contribution in [0.4, 0.5) is 0 Å². The molecule has 4 atom stereocenters. The number of hydrogen-bond acceptors (Lipinski definition) is 4. The molecule has 2 aromatic carbocycles. The fourth-order valence-corrected chi connectivity index (χ4v) is 6.22. The van der Waals surface area contributed by atoms with Gasteiger partial charge in [-0.2, -0.15) is 5.26 Å². The summed E-state index contributed by atoms with van der Waals surface area (Å²) < 4.78 is 0. The molecule has 37 heavy (non-hydrogen) atoms. The van der Waals surface area contributed by atoms with Gasteiger partial charge in [-0.05, 0) is 67.7 Å². The van der Waals surface area contributed by atoms with Crippen LogP contribution in [-0.2, 0) is 22.4 Å². The van der Waals surface area contributed by atoms with Gasteiger partial charge in [0, 0.05) is 32.0 Å². The van der Waals surface area contributed by atoms with Gasteiger partial charge in [-0.15, -0.1) is 0 Å². The molecule has 0 N–H and O–H groups in total. The Balaban J connectivity index is 1.49. The molecule has 2 aromatic rings. The molecule has 0 radical (unpaired) electrons. The standard InChI is InChI=1S/C30H35Cl2N3O2/c1-21-18-28-30(37)34(17-15-24(35(28)20-21)12-9-22-6-3-2-4-7-22)27(8-5-16-33)29(36)14-11-23-10-13-25(31)26(32)19-23/h2-4,6-7,10,13,19,21,24,27-28H,5,8-9,11-12,14-15,17-18,20H2,1H3/t21-,24?,27-,28+/m1/s1. The summed E-state index contributed by atoms with van der Waals surface area (Å²) in [5, 5.41) is 10.2. The van der Waals surface area contributed by atoms with E-state index in [1.54, 1.807) is 12.1 Å². The predicted octanol–water partition coefficient (Wildman–Crippen LogP) is 6.11. The number of amides is 1. The van der Waals surface area contributed by atoms with Crippen molar-refractivity contribution in [3.63, 3.8) is 0 Å². The Morgan fingerprint density at radius 3 is 2.62 bits per heavy atom. The van der Waals surface area contributed by atoms with Gasteiger partial charge in [-0.3, -0.25) is 14.5 Å². The Labute approximate surface area is 230 Å². The van der Waals surface area contributed by atoms with Gasteiger partial charge < -0.3 is 4.90 Å². The average molecular weight is 541 g/mol. The van der Waals surface area contributed by atoms with Crippen LogP contribution in [-0.4, -0.2) is 52.7 Å². The topological polar surface area (TPSA) is 64.4 Å². The molecule has 2 aliphatic rings.